The van der Waals surface area contributed by atoms with Gasteiger partial charge in [0.15, 0.2) is 5.13 Å². The van der Waals surface area contributed by atoms with E-state index >= 15 is 0 Å². The van der Waals surface area contributed by atoms with E-state index in [-0.39, 0.29) is 22.2 Å². The first-order valence-corrected chi connectivity index (χ1v) is 8.76. The molecule has 3 rings (SSSR count). The number of carbonyl (C=O) groups excluding carboxylic acids is 1. The third-order valence-electron chi connectivity index (χ3n) is 3.13. The van der Waals surface area contributed by atoms with Gasteiger partial charge in [0, 0.05) is 16.6 Å². The molecule has 2 aromatic heterocycles. The second-order valence-corrected chi connectivity index (χ2v) is 6.58. The highest BCUT2D eigenvalue weighted by molar-refractivity contribution is 7.13. The van der Waals surface area contributed by atoms with Crippen LogP contribution >= 0.6 is 34.5 Å². The number of nitrogens with one attached hydrogen (secondary N) is 3. The van der Waals surface area contributed by atoms with Gasteiger partial charge in [-0.2, -0.15) is 0 Å². The van der Waals surface area contributed by atoms with Crippen LogP contribution in [0.4, 0.5) is 22.5 Å². The van der Waals surface area contributed by atoms with Gasteiger partial charge in [0.05, 0.1) is 15.5 Å². The quantitative estimate of drug-likeness (QED) is 0.402. The van der Waals surface area contributed by atoms with Crippen molar-refractivity contribution >= 4 is 62.9 Å². The molecule has 0 aliphatic rings. The smallest absolute Gasteiger partial charge is 0.310 e. The number of carbonyl (C=O) groups is 1. The Morgan fingerprint density at radius 1 is 1.19 bits per heavy atom. The SMILES string of the molecule is O=C(NNc1ncnc(Nc2nccs2)c1[N+](=O)[O-])c1ccc(Cl)cc1Cl. The molecular weight excluding hydrogens is 417 g/mol. The van der Waals surface area contributed by atoms with Crippen LogP contribution in [-0.2, 0) is 0 Å². The molecule has 0 spiro atoms. The van der Waals surface area contributed by atoms with Crippen molar-refractivity contribution in [2.45, 2.75) is 0 Å². The van der Waals surface area contributed by atoms with Gasteiger partial charge < -0.3 is 5.32 Å². The van der Waals surface area contributed by atoms with Crippen molar-refractivity contribution < 1.29 is 9.72 Å². The van der Waals surface area contributed by atoms with Crippen LogP contribution < -0.4 is 16.2 Å². The summed E-state index contributed by atoms with van der Waals surface area (Å²) in [6, 6.07) is 4.32. The molecule has 27 heavy (non-hydrogen) atoms. The number of aromatic nitrogens is 3. The number of benzene rings is 1. The van der Waals surface area contributed by atoms with E-state index in [1.165, 1.54) is 35.7 Å². The summed E-state index contributed by atoms with van der Waals surface area (Å²) in [6.07, 6.45) is 2.64. The Kier molecular flexibility index (Phi) is 5.64. The second-order valence-electron chi connectivity index (χ2n) is 4.84. The summed E-state index contributed by atoms with van der Waals surface area (Å²) in [6.45, 7) is 0. The summed E-state index contributed by atoms with van der Waals surface area (Å²) < 4.78 is 0. The largest absolute Gasteiger partial charge is 0.355 e. The van der Waals surface area contributed by atoms with E-state index in [0.29, 0.717) is 10.2 Å². The predicted octanol–water partition coefficient (Wildman–Crippen LogP) is 3.65. The molecule has 1 amide bonds. The van der Waals surface area contributed by atoms with Gasteiger partial charge >= 0.3 is 5.69 Å². The van der Waals surface area contributed by atoms with Gasteiger partial charge in [-0.25, -0.2) is 15.0 Å². The van der Waals surface area contributed by atoms with Crippen molar-refractivity contribution in [1.29, 1.82) is 0 Å². The molecule has 3 aromatic rings. The lowest BCUT2D eigenvalue weighted by Gasteiger charge is -2.10. The number of anilines is 3. The molecule has 0 saturated heterocycles. The Morgan fingerprint density at radius 2 is 1.96 bits per heavy atom. The summed E-state index contributed by atoms with van der Waals surface area (Å²) in [4.78, 5) is 34.7. The number of hydrogen-bond donors (Lipinski definition) is 3. The maximum absolute atomic E-state index is 12.2. The Bertz CT molecular complexity index is 1000. The Labute approximate surface area is 165 Å². The standard InChI is InChI=1S/C14H9Cl2N7O3S/c15-7-1-2-8(9(16)5-7)13(24)22-21-12-10(23(25)26)11(18-6-19-12)20-14-17-3-4-27-14/h1-6H,(H,22,24)(H2,17,18,19,20,21). The third kappa shape index (κ3) is 4.39. The van der Waals surface area contributed by atoms with Crippen LogP contribution in [0.1, 0.15) is 10.4 Å². The number of halogens is 2. The fraction of sp³-hybridized carbons (Fsp3) is 0. The van der Waals surface area contributed by atoms with Gasteiger partial charge in [-0.1, -0.05) is 23.2 Å². The van der Waals surface area contributed by atoms with Crippen LogP contribution in [0.25, 0.3) is 0 Å². The molecule has 1 aromatic carbocycles. The number of thiazole rings is 1. The lowest BCUT2D eigenvalue weighted by Crippen LogP contribution is -2.30. The number of amides is 1. The molecule has 0 unspecified atom stereocenters. The highest BCUT2D eigenvalue weighted by atomic mass is 35.5. The molecule has 0 aliphatic carbocycles. The molecule has 0 radical (unpaired) electrons. The number of hydrazine groups is 1. The van der Waals surface area contributed by atoms with Gasteiger partial charge in [-0.15, -0.1) is 11.3 Å². The first-order valence-electron chi connectivity index (χ1n) is 7.13. The van der Waals surface area contributed by atoms with Crippen LogP contribution in [0.5, 0.6) is 0 Å². The maximum atomic E-state index is 12.2. The molecule has 3 N–H and O–H groups in total. The van der Waals surface area contributed by atoms with Gasteiger partial charge in [-0.3, -0.25) is 25.8 Å². The van der Waals surface area contributed by atoms with E-state index in [1.54, 1.807) is 5.38 Å². The zero-order chi connectivity index (χ0) is 19.4. The monoisotopic (exact) mass is 425 g/mol. The lowest BCUT2D eigenvalue weighted by molar-refractivity contribution is -0.383. The van der Waals surface area contributed by atoms with Crippen molar-refractivity contribution in [2.24, 2.45) is 0 Å². The van der Waals surface area contributed by atoms with E-state index in [2.05, 4.69) is 31.1 Å². The van der Waals surface area contributed by atoms with Crippen LogP contribution in [0.3, 0.4) is 0 Å². The Balaban J connectivity index is 1.82. The van der Waals surface area contributed by atoms with Crippen molar-refractivity contribution in [1.82, 2.24) is 20.4 Å². The summed E-state index contributed by atoms with van der Waals surface area (Å²) in [5, 5.41) is 16.8. The van der Waals surface area contributed by atoms with Crippen LogP contribution in [0.2, 0.25) is 10.0 Å². The zero-order valence-corrected chi connectivity index (χ0v) is 15.5. The van der Waals surface area contributed by atoms with E-state index in [4.69, 9.17) is 23.2 Å². The normalized spacial score (nSPS) is 10.3. The van der Waals surface area contributed by atoms with E-state index < -0.39 is 16.5 Å². The highest BCUT2D eigenvalue weighted by Gasteiger charge is 2.24. The van der Waals surface area contributed by atoms with E-state index in [0.717, 1.165) is 6.33 Å². The van der Waals surface area contributed by atoms with Crippen molar-refractivity contribution in [3.63, 3.8) is 0 Å². The minimum atomic E-state index is -0.681. The molecule has 13 heteroatoms. The number of hydrogen-bond acceptors (Lipinski definition) is 9. The fourth-order valence-corrected chi connectivity index (χ4v) is 3.00. The van der Waals surface area contributed by atoms with Crippen molar-refractivity contribution in [3.8, 4) is 0 Å². The molecule has 0 bridgehead atoms. The molecule has 0 saturated carbocycles. The Hall–Kier alpha value is -3.02. The van der Waals surface area contributed by atoms with Gasteiger partial charge in [0.1, 0.15) is 6.33 Å². The average Bonchev–Trinajstić information content (AvgIpc) is 3.12. The average molecular weight is 426 g/mol. The van der Waals surface area contributed by atoms with Crippen molar-refractivity contribution in [2.75, 3.05) is 10.7 Å². The molecule has 10 nitrogen and oxygen atoms in total. The summed E-state index contributed by atoms with van der Waals surface area (Å²) in [5.74, 6) is -0.919. The summed E-state index contributed by atoms with van der Waals surface area (Å²) in [5.41, 5.74) is 4.39. The summed E-state index contributed by atoms with van der Waals surface area (Å²) in [7, 11) is 0. The molecule has 2 heterocycles. The second kappa shape index (κ2) is 8.12. The van der Waals surface area contributed by atoms with Gasteiger partial charge in [0.25, 0.3) is 5.91 Å². The number of nitrogens with zero attached hydrogens (tertiary/aromatic N) is 4. The minimum Gasteiger partial charge on any atom is -0.310 e. The van der Waals surface area contributed by atoms with Gasteiger partial charge in [-0.05, 0) is 18.2 Å². The Morgan fingerprint density at radius 3 is 2.63 bits per heavy atom. The predicted molar refractivity (Wildman–Crippen MR) is 102 cm³/mol. The molecule has 138 valence electrons. The maximum Gasteiger partial charge on any atom is 0.355 e. The molecule has 0 atom stereocenters. The molecule has 0 aliphatic heterocycles. The molecule has 0 fully saturated rings. The fourth-order valence-electron chi connectivity index (χ4n) is 1.98. The van der Waals surface area contributed by atoms with Crippen LogP contribution in [0.15, 0.2) is 36.1 Å². The van der Waals surface area contributed by atoms with Crippen LogP contribution in [-0.4, -0.2) is 25.8 Å². The zero-order valence-electron chi connectivity index (χ0n) is 13.1. The summed E-state index contributed by atoms with van der Waals surface area (Å²) >= 11 is 13.0. The van der Waals surface area contributed by atoms with E-state index in [1.807, 2.05) is 0 Å². The first kappa shape index (κ1) is 18.8. The number of nitro groups is 1. The van der Waals surface area contributed by atoms with E-state index in [9.17, 15) is 14.9 Å². The highest BCUT2D eigenvalue weighted by Crippen LogP contribution is 2.31. The first-order chi connectivity index (χ1) is 13.0. The van der Waals surface area contributed by atoms with Crippen molar-refractivity contribution in [3.05, 3.63) is 61.8 Å². The number of rotatable bonds is 6. The third-order valence-corrected chi connectivity index (χ3v) is 4.37. The van der Waals surface area contributed by atoms with Gasteiger partial charge in [0.2, 0.25) is 11.6 Å². The molecular formula is C14H9Cl2N7O3S. The topological polar surface area (TPSA) is 135 Å². The lowest BCUT2D eigenvalue weighted by atomic mass is 10.2. The minimum absolute atomic E-state index is 0.0776. The van der Waals surface area contributed by atoms with Crippen LogP contribution in [0, 0.1) is 10.1 Å².